The van der Waals surface area contributed by atoms with Crippen LogP contribution in [-0.4, -0.2) is 25.9 Å². The lowest BCUT2D eigenvalue weighted by Crippen LogP contribution is -2.05. The third kappa shape index (κ3) is 3.46. The summed E-state index contributed by atoms with van der Waals surface area (Å²) in [6, 6.07) is 9.57. The molecular weight excluding hydrogens is 353 g/mol. The Kier molecular flexibility index (Phi) is 5.08. The molecule has 0 aliphatic carbocycles. The van der Waals surface area contributed by atoms with Crippen molar-refractivity contribution in [1.29, 1.82) is 5.26 Å². The van der Waals surface area contributed by atoms with Crippen molar-refractivity contribution in [2.24, 2.45) is 0 Å². The van der Waals surface area contributed by atoms with Gasteiger partial charge in [0.1, 0.15) is 23.1 Å². The average Bonchev–Trinajstić information content (AvgIpc) is 3.04. The molecule has 2 aromatic heterocycles. The van der Waals surface area contributed by atoms with Crippen molar-refractivity contribution >= 4 is 5.97 Å². The van der Waals surface area contributed by atoms with Crippen LogP contribution in [0, 0.1) is 17.1 Å². The second kappa shape index (κ2) is 7.61. The van der Waals surface area contributed by atoms with E-state index in [1.807, 2.05) is 13.0 Å². The van der Waals surface area contributed by atoms with E-state index < -0.39 is 11.8 Å². The van der Waals surface area contributed by atoms with Crippen LogP contribution < -0.4 is 4.89 Å². The molecule has 2 heterocycles. The first-order chi connectivity index (χ1) is 13.1. The molecule has 0 aliphatic heterocycles. The number of carbonyl (C=O) groups excluding carboxylic acids is 1. The Morgan fingerprint density at radius 3 is 2.78 bits per heavy atom. The highest BCUT2D eigenvalue weighted by atomic mass is 19.1. The number of rotatable bonds is 5. The topological polar surface area (TPSA) is 103 Å². The van der Waals surface area contributed by atoms with Gasteiger partial charge in [0.15, 0.2) is 0 Å². The van der Waals surface area contributed by atoms with Gasteiger partial charge in [-0.15, -0.1) is 5.10 Å². The number of carbonyl (C=O) groups is 1. The van der Waals surface area contributed by atoms with Gasteiger partial charge in [0, 0.05) is 12.5 Å². The molecule has 0 unspecified atom stereocenters. The Labute approximate surface area is 153 Å². The fourth-order valence-corrected chi connectivity index (χ4v) is 2.54. The summed E-state index contributed by atoms with van der Waals surface area (Å²) in [4.78, 5) is 20.5. The smallest absolute Gasteiger partial charge is 0.263 e. The molecule has 8 nitrogen and oxygen atoms in total. The van der Waals surface area contributed by atoms with Gasteiger partial charge in [-0.25, -0.2) is 18.8 Å². The Hall–Kier alpha value is -3.80. The van der Waals surface area contributed by atoms with E-state index in [4.69, 9.17) is 4.89 Å². The number of hydrogen-bond donors (Lipinski definition) is 0. The first-order valence-electron chi connectivity index (χ1n) is 8.00. The van der Waals surface area contributed by atoms with Gasteiger partial charge < -0.3 is 0 Å². The number of para-hydroxylation sites is 1. The SMILES string of the molecule is CCc1nnccc1-c1c(C#N)c(OOC(C)=O)nn1-c1ccccc1F. The van der Waals surface area contributed by atoms with Crippen LogP contribution in [0.5, 0.6) is 5.88 Å². The highest BCUT2D eigenvalue weighted by molar-refractivity contribution is 5.73. The highest BCUT2D eigenvalue weighted by Gasteiger charge is 2.26. The number of nitrogens with zero attached hydrogens (tertiary/aromatic N) is 5. The molecule has 9 heteroatoms. The number of halogens is 1. The number of hydrogen-bond acceptors (Lipinski definition) is 7. The summed E-state index contributed by atoms with van der Waals surface area (Å²) >= 11 is 0. The maximum absolute atomic E-state index is 14.4. The number of benzene rings is 1. The van der Waals surface area contributed by atoms with Crippen molar-refractivity contribution in [3.63, 3.8) is 0 Å². The van der Waals surface area contributed by atoms with Gasteiger partial charge in [0.25, 0.3) is 0 Å². The lowest BCUT2D eigenvalue weighted by Gasteiger charge is -2.10. The minimum absolute atomic E-state index is 0.0257. The molecule has 0 fully saturated rings. The summed E-state index contributed by atoms with van der Waals surface area (Å²) in [6.07, 6.45) is 1.98. The van der Waals surface area contributed by atoms with Crippen molar-refractivity contribution in [2.45, 2.75) is 20.3 Å². The summed E-state index contributed by atoms with van der Waals surface area (Å²) in [7, 11) is 0. The fraction of sp³-hybridized carbons (Fsp3) is 0.167. The van der Waals surface area contributed by atoms with Crippen LogP contribution in [0.2, 0.25) is 0 Å². The average molecular weight is 367 g/mol. The third-order valence-electron chi connectivity index (χ3n) is 3.67. The number of nitriles is 1. The summed E-state index contributed by atoms with van der Waals surface area (Å²) in [5, 5.41) is 21.7. The molecular formula is C18H14FN5O3. The second-order valence-electron chi connectivity index (χ2n) is 5.41. The maximum atomic E-state index is 14.4. The van der Waals surface area contributed by atoms with E-state index >= 15 is 0 Å². The molecule has 27 heavy (non-hydrogen) atoms. The van der Waals surface area contributed by atoms with Crippen LogP contribution in [0.15, 0.2) is 36.5 Å². The highest BCUT2D eigenvalue weighted by Crippen LogP contribution is 2.34. The molecule has 3 rings (SSSR count). The van der Waals surface area contributed by atoms with Gasteiger partial charge >= 0.3 is 11.8 Å². The third-order valence-corrected chi connectivity index (χ3v) is 3.67. The molecule has 0 saturated heterocycles. The van der Waals surface area contributed by atoms with E-state index in [0.29, 0.717) is 17.7 Å². The van der Waals surface area contributed by atoms with Gasteiger partial charge in [-0.05, 0) is 24.6 Å². The van der Waals surface area contributed by atoms with Gasteiger partial charge in [-0.2, -0.15) is 15.5 Å². The normalized spacial score (nSPS) is 10.3. The Morgan fingerprint density at radius 1 is 1.33 bits per heavy atom. The van der Waals surface area contributed by atoms with E-state index in [1.165, 1.54) is 29.1 Å². The molecule has 0 N–H and O–H groups in total. The summed E-state index contributed by atoms with van der Waals surface area (Å²) < 4.78 is 15.6. The molecule has 0 bridgehead atoms. The van der Waals surface area contributed by atoms with Gasteiger partial charge in [0.2, 0.25) is 0 Å². The van der Waals surface area contributed by atoms with Crippen LogP contribution in [0.1, 0.15) is 25.1 Å². The Morgan fingerprint density at radius 2 is 2.11 bits per heavy atom. The van der Waals surface area contributed by atoms with E-state index in [9.17, 15) is 14.4 Å². The van der Waals surface area contributed by atoms with E-state index in [0.717, 1.165) is 6.92 Å². The maximum Gasteiger partial charge on any atom is 0.352 e. The van der Waals surface area contributed by atoms with Crippen molar-refractivity contribution in [1.82, 2.24) is 20.0 Å². The summed E-state index contributed by atoms with van der Waals surface area (Å²) in [5.41, 5.74) is 1.46. The lowest BCUT2D eigenvalue weighted by molar-refractivity contribution is -0.212. The second-order valence-corrected chi connectivity index (χ2v) is 5.41. The van der Waals surface area contributed by atoms with Gasteiger partial charge in [-0.3, -0.25) is 4.89 Å². The summed E-state index contributed by atoms with van der Waals surface area (Å²) in [6.45, 7) is 3.02. The number of aromatic nitrogens is 4. The predicted molar refractivity (Wildman–Crippen MR) is 91.0 cm³/mol. The molecule has 0 amide bonds. The molecule has 0 spiro atoms. The molecule has 0 radical (unpaired) electrons. The summed E-state index contributed by atoms with van der Waals surface area (Å²) in [5.74, 6) is -1.53. The van der Waals surface area contributed by atoms with Crippen LogP contribution in [-0.2, 0) is 16.1 Å². The molecule has 0 aliphatic rings. The van der Waals surface area contributed by atoms with Crippen molar-refractivity contribution in [2.75, 3.05) is 0 Å². The minimum atomic E-state index is -0.722. The molecule has 0 saturated carbocycles. The van der Waals surface area contributed by atoms with Crippen molar-refractivity contribution < 1.29 is 19.0 Å². The molecule has 136 valence electrons. The van der Waals surface area contributed by atoms with Crippen LogP contribution in [0.3, 0.4) is 0 Å². The monoisotopic (exact) mass is 367 g/mol. The van der Waals surface area contributed by atoms with Crippen molar-refractivity contribution in [3.8, 4) is 28.9 Å². The quantitative estimate of drug-likeness (QED) is 0.504. The van der Waals surface area contributed by atoms with E-state index in [-0.39, 0.29) is 22.8 Å². The zero-order chi connectivity index (χ0) is 19.4. The largest absolute Gasteiger partial charge is 0.352 e. The van der Waals surface area contributed by atoms with Crippen molar-refractivity contribution in [3.05, 3.63) is 53.6 Å². The van der Waals surface area contributed by atoms with Gasteiger partial charge in [0.05, 0.1) is 17.6 Å². The molecule has 1 aromatic carbocycles. The zero-order valence-electron chi connectivity index (χ0n) is 14.5. The first kappa shape index (κ1) is 18.0. The van der Waals surface area contributed by atoms with Crippen LogP contribution >= 0.6 is 0 Å². The Bertz CT molecular complexity index is 1040. The van der Waals surface area contributed by atoms with E-state index in [1.54, 1.807) is 12.1 Å². The van der Waals surface area contributed by atoms with Gasteiger partial charge in [-0.1, -0.05) is 19.1 Å². The fourth-order valence-electron chi connectivity index (χ4n) is 2.54. The predicted octanol–water partition coefficient (Wildman–Crippen LogP) is 2.76. The minimum Gasteiger partial charge on any atom is -0.263 e. The molecule has 3 aromatic rings. The zero-order valence-corrected chi connectivity index (χ0v) is 14.5. The first-order valence-corrected chi connectivity index (χ1v) is 8.00. The van der Waals surface area contributed by atoms with Crippen LogP contribution in [0.25, 0.3) is 16.9 Å². The Balaban J connectivity index is 2.30. The lowest BCUT2D eigenvalue weighted by atomic mass is 10.1. The molecule has 0 atom stereocenters. The van der Waals surface area contributed by atoms with E-state index in [2.05, 4.69) is 20.2 Å². The van der Waals surface area contributed by atoms with Crippen LogP contribution in [0.4, 0.5) is 4.39 Å². The number of aryl methyl sites for hydroxylation is 1. The standard InChI is InChI=1S/C18H14FN5O3/c1-3-15-12(8-9-21-22-15)17-13(10-20)18(27-26-11(2)25)23-24(17)16-7-5-4-6-14(16)19/h4-9H,3H2,1-2H3.